The summed E-state index contributed by atoms with van der Waals surface area (Å²) < 4.78 is 10.7. The van der Waals surface area contributed by atoms with Gasteiger partial charge in [-0.1, -0.05) is 38.5 Å². The van der Waals surface area contributed by atoms with Crippen LogP contribution in [0.25, 0.3) is 5.76 Å². The molecule has 2 nitrogen and oxygen atoms in total. The minimum absolute atomic E-state index is 0.666. The number of methoxy groups -OCH3 is 1. The molecule has 2 heteroatoms. The Morgan fingerprint density at radius 1 is 1.31 bits per heavy atom. The van der Waals surface area contributed by atoms with E-state index in [4.69, 9.17) is 9.47 Å². The van der Waals surface area contributed by atoms with Crippen molar-refractivity contribution >= 4 is 5.76 Å². The second-order valence-electron chi connectivity index (χ2n) is 3.71. The van der Waals surface area contributed by atoms with Crippen molar-refractivity contribution in [1.29, 1.82) is 0 Å². The van der Waals surface area contributed by atoms with E-state index in [1.54, 1.807) is 7.11 Å². The summed E-state index contributed by atoms with van der Waals surface area (Å²) in [6.45, 7) is 6.77. The van der Waals surface area contributed by atoms with Gasteiger partial charge < -0.3 is 9.47 Å². The van der Waals surface area contributed by atoms with E-state index >= 15 is 0 Å². The largest absolute Gasteiger partial charge is 0.497 e. The summed E-state index contributed by atoms with van der Waals surface area (Å²) in [4.78, 5) is 0. The standard InChI is InChI=1S/C14H20O2/c1-4-5-6-10-16-14-9-7-8-13(11-14)12(2)15-3/h7-9,11H,2,4-6,10H2,1,3H3. The van der Waals surface area contributed by atoms with Crippen molar-refractivity contribution in [3.63, 3.8) is 0 Å². The number of unbranched alkanes of at least 4 members (excludes halogenated alkanes) is 2. The Balaban J connectivity index is 2.50. The van der Waals surface area contributed by atoms with Gasteiger partial charge in [0.05, 0.1) is 13.7 Å². The van der Waals surface area contributed by atoms with Crippen molar-refractivity contribution in [2.75, 3.05) is 13.7 Å². The van der Waals surface area contributed by atoms with Gasteiger partial charge in [0.15, 0.2) is 0 Å². The summed E-state index contributed by atoms with van der Waals surface area (Å²) in [5.41, 5.74) is 0.968. The first-order valence-electron chi connectivity index (χ1n) is 5.74. The number of hydrogen-bond acceptors (Lipinski definition) is 2. The highest BCUT2D eigenvalue weighted by atomic mass is 16.5. The molecule has 1 aromatic rings. The van der Waals surface area contributed by atoms with E-state index in [1.165, 1.54) is 12.8 Å². The molecule has 0 aliphatic rings. The Morgan fingerprint density at radius 2 is 2.12 bits per heavy atom. The molecule has 0 atom stereocenters. The third-order valence-electron chi connectivity index (χ3n) is 2.42. The molecule has 0 fully saturated rings. The zero-order valence-electron chi connectivity index (χ0n) is 10.2. The van der Waals surface area contributed by atoms with Crippen LogP contribution in [0.3, 0.4) is 0 Å². The van der Waals surface area contributed by atoms with Crippen molar-refractivity contribution in [1.82, 2.24) is 0 Å². The van der Waals surface area contributed by atoms with Crippen LogP contribution in [0.1, 0.15) is 31.7 Å². The Bertz CT molecular complexity index is 331. The van der Waals surface area contributed by atoms with E-state index in [1.807, 2.05) is 24.3 Å². The van der Waals surface area contributed by atoms with Gasteiger partial charge in [-0.2, -0.15) is 0 Å². The van der Waals surface area contributed by atoms with Crippen LogP contribution in [-0.2, 0) is 4.74 Å². The lowest BCUT2D eigenvalue weighted by Crippen LogP contribution is -1.97. The van der Waals surface area contributed by atoms with E-state index in [0.717, 1.165) is 24.3 Å². The molecule has 0 saturated heterocycles. The summed E-state index contributed by atoms with van der Waals surface area (Å²) in [6, 6.07) is 7.83. The first-order valence-corrected chi connectivity index (χ1v) is 5.74. The second-order valence-corrected chi connectivity index (χ2v) is 3.71. The first kappa shape index (κ1) is 12.6. The number of ether oxygens (including phenoxy) is 2. The van der Waals surface area contributed by atoms with Crippen LogP contribution in [0, 0.1) is 0 Å². The molecule has 1 rings (SSSR count). The number of hydrogen-bond donors (Lipinski definition) is 0. The minimum atomic E-state index is 0.666. The monoisotopic (exact) mass is 220 g/mol. The maximum absolute atomic E-state index is 5.65. The van der Waals surface area contributed by atoms with E-state index < -0.39 is 0 Å². The smallest absolute Gasteiger partial charge is 0.120 e. The first-order chi connectivity index (χ1) is 7.77. The molecule has 0 radical (unpaired) electrons. The third-order valence-corrected chi connectivity index (χ3v) is 2.42. The quantitative estimate of drug-likeness (QED) is 0.513. The van der Waals surface area contributed by atoms with Crippen LogP contribution < -0.4 is 4.74 Å². The van der Waals surface area contributed by atoms with Gasteiger partial charge in [-0.15, -0.1) is 0 Å². The second kappa shape index (κ2) is 6.94. The number of benzene rings is 1. The summed E-state index contributed by atoms with van der Waals surface area (Å²) in [6.07, 6.45) is 3.53. The molecule has 16 heavy (non-hydrogen) atoms. The molecule has 0 bridgehead atoms. The predicted octanol–water partition coefficient (Wildman–Crippen LogP) is 3.87. The molecule has 0 aromatic heterocycles. The summed E-state index contributed by atoms with van der Waals surface area (Å²) >= 11 is 0. The Morgan fingerprint density at radius 3 is 2.81 bits per heavy atom. The molecular formula is C14H20O2. The molecule has 88 valence electrons. The van der Waals surface area contributed by atoms with Crippen molar-refractivity contribution in [3.8, 4) is 5.75 Å². The summed E-state index contributed by atoms with van der Waals surface area (Å²) in [5.74, 6) is 1.55. The molecule has 0 heterocycles. The van der Waals surface area contributed by atoms with Gasteiger partial charge in [-0.3, -0.25) is 0 Å². The molecule has 0 aliphatic heterocycles. The fraction of sp³-hybridized carbons (Fsp3) is 0.429. The van der Waals surface area contributed by atoms with Gasteiger partial charge in [0, 0.05) is 5.56 Å². The minimum Gasteiger partial charge on any atom is -0.497 e. The van der Waals surface area contributed by atoms with Gasteiger partial charge in [-0.05, 0) is 18.6 Å². The average molecular weight is 220 g/mol. The number of rotatable bonds is 7. The molecule has 0 N–H and O–H groups in total. The van der Waals surface area contributed by atoms with Gasteiger partial charge in [0.2, 0.25) is 0 Å². The SMILES string of the molecule is C=C(OC)c1cccc(OCCCCC)c1. The molecule has 0 unspecified atom stereocenters. The maximum atomic E-state index is 5.65. The highest BCUT2D eigenvalue weighted by Crippen LogP contribution is 2.19. The average Bonchev–Trinajstić information content (AvgIpc) is 2.34. The molecular weight excluding hydrogens is 200 g/mol. The van der Waals surface area contributed by atoms with Gasteiger partial charge in [-0.25, -0.2) is 0 Å². The normalized spacial score (nSPS) is 9.88. The van der Waals surface area contributed by atoms with Crippen LogP contribution in [0.5, 0.6) is 5.75 Å². The maximum Gasteiger partial charge on any atom is 0.120 e. The highest BCUT2D eigenvalue weighted by Gasteiger charge is 2.00. The van der Waals surface area contributed by atoms with Crippen LogP contribution >= 0.6 is 0 Å². The predicted molar refractivity (Wildman–Crippen MR) is 67.5 cm³/mol. The van der Waals surface area contributed by atoms with E-state index in [-0.39, 0.29) is 0 Å². The van der Waals surface area contributed by atoms with E-state index in [9.17, 15) is 0 Å². The molecule has 0 spiro atoms. The zero-order chi connectivity index (χ0) is 11.8. The highest BCUT2D eigenvalue weighted by molar-refractivity contribution is 5.58. The Kier molecular flexibility index (Phi) is 5.48. The van der Waals surface area contributed by atoms with Gasteiger partial charge in [0.1, 0.15) is 11.5 Å². The van der Waals surface area contributed by atoms with Crippen molar-refractivity contribution < 1.29 is 9.47 Å². The molecule has 1 aromatic carbocycles. The topological polar surface area (TPSA) is 18.5 Å². The van der Waals surface area contributed by atoms with Crippen LogP contribution in [-0.4, -0.2) is 13.7 Å². The fourth-order valence-electron chi connectivity index (χ4n) is 1.42. The van der Waals surface area contributed by atoms with Crippen molar-refractivity contribution in [2.24, 2.45) is 0 Å². The lowest BCUT2D eigenvalue weighted by molar-refractivity contribution is 0.305. The summed E-state index contributed by atoms with van der Waals surface area (Å²) in [7, 11) is 1.62. The van der Waals surface area contributed by atoms with E-state index in [2.05, 4.69) is 13.5 Å². The Hall–Kier alpha value is -1.44. The lowest BCUT2D eigenvalue weighted by atomic mass is 10.2. The van der Waals surface area contributed by atoms with Crippen molar-refractivity contribution in [3.05, 3.63) is 36.4 Å². The van der Waals surface area contributed by atoms with Gasteiger partial charge in [0.25, 0.3) is 0 Å². The third kappa shape index (κ3) is 3.97. The van der Waals surface area contributed by atoms with Gasteiger partial charge >= 0.3 is 0 Å². The zero-order valence-corrected chi connectivity index (χ0v) is 10.2. The Labute approximate surface area is 97.9 Å². The van der Waals surface area contributed by atoms with Crippen molar-refractivity contribution in [2.45, 2.75) is 26.2 Å². The molecule has 0 amide bonds. The lowest BCUT2D eigenvalue weighted by Gasteiger charge is -2.08. The van der Waals surface area contributed by atoms with E-state index in [0.29, 0.717) is 5.76 Å². The fourth-order valence-corrected chi connectivity index (χ4v) is 1.42. The van der Waals surface area contributed by atoms with Crippen LogP contribution in [0.2, 0.25) is 0 Å². The van der Waals surface area contributed by atoms with Crippen LogP contribution in [0.4, 0.5) is 0 Å². The van der Waals surface area contributed by atoms with Crippen LogP contribution in [0.15, 0.2) is 30.8 Å². The molecule has 0 saturated carbocycles. The summed E-state index contributed by atoms with van der Waals surface area (Å²) in [5, 5.41) is 0. The molecule has 0 aliphatic carbocycles.